The van der Waals surface area contributed by atoms with E-state index in [4.69, 9.17) is 0 Å². The highest BCUT2D eigenvalue weighted by molar-refractivity contribution is 7.12. The Hall–Kier alpha value is -2.41. The van der Waals surface area contributed by atoms with Gasteiger partial charge in [0.05, 0.1) is 10.9 Å². The van der Waals surface area contributed by atoms with Crippen LogP contribution in [0.5, 0.6) is 0 Å². The lowest BCUT2D eigenvalue weighted by atomic mass is 9.98. The van der Waals surface area contributed by atoms with Gasteiger partial charge in [0, 0.05) is 30.7 Å². The molecule has 1 atom stereocenters. The molecule has 0 radical (unpaired) electrons. The van der Waals surface area contributed by atoms with Crippen molar-refractivity contribution in [1.82, 2.24) is 19.3 Å². The molecule has 0 aliphatic carbocycles. The number of amides is 1. The third-order valence-corrected chi connectivity index (χ3v) is 5.13. The highest BCUT2D eigenvalue weighted by Crippen LogP contribution is 2.31. The molecule has 1 aliphatic rings. The van der Waals surface area contributed by atoms with Crippen LogP contribution in [0.2, 0.25) is 0 Å². The topological polar surface area (TPSA) is 70.5 Å². The van der Waals surface area contributed by atoms with Crippen LogP contribution < -0.4 is 5.56 Å². The van der Waals surface area contributed by atoms with Gasteiger partial charge in [-0.15, -0.1) is 11.3 Å². The fourth-order valence-corrected chi connectivity index (χ4v) is 3.84. The van der Waals surface area contributed by atoms with Gasteiger partial charge < -0.3 is 9.88 Å². The smallest absolute Gasteiger partial charge is 0.264 e. The predicted molar refractivity (Wildman–Crippen MR) is 87.8 cm³/mol. The Morgan fingerprint density at radius 1 is 1.39 bits per heavy atom. The fourth-order valence-electron chi connectivity index (χ4n) is 3.16. The fraction of sp³-hybridized carbons (Fsp3) is 0.312. The lowest BCUT2D eigenvalue weighted by Crippen LogP contribution is -2.39. The van der Waals surface area contributed by atoms with Gasteiger partial charge in [0.25, 0.3) is 11.5 Å². The summed E-state index contributed by atoms with van der Waals surface area (Å²) in [5.41, 5.74) is 0.638. The van der Waals surface area contributed by atoms with E-state index in [0.29, 0.717) is 12.3 Å². The second kappa shape index (κ2) is 5.66. The maximum Gasteiger partial charge on any atom is 0.264 e. The Balaban J connectivity index is 1.74. The van der Waals surface area contributed by atoms with E-state index >= 15 is 0 Å². The van der Waals surface area contributed by atoms with E-state index in [-0.39, 0.29) is 17.5 Å². The van der Waals surface area contributed by atoms with E-state index in [0.717, 1.165) is 29.8 Å². The van der Waals surface area contributed by atoms with Gasteiger partial charge in [-0.2, -0.15) is 0 Å². The van der Waals surface area contributed by atoms with E-state index in [9.17, 15) is 9.59 Å². The second-order valence-corrected chi connectivity index (χ2v) is 6.62. The number of fused-ring (bicyclic) bond motifs is 1. The third-order valence-electron chi connectivity index (χ3n) is 4.27. The number of H-pyrrole nitrogens is 1. The second-order valence-electron chi connectivity index (χ2n) is 5.67. The van der Waals surface area contributed by atoms with E-state index < -0.39 is 0 Å². The summed E-state index contributed by atoms with van der Waals surface area (Å²) in [5, 5.41) is 1.91. The number of thiophene rings is 1. The molecule has 3 aromatic rings. The van der Waals surface area contributed by atoms with Crippen LogP contribution in [0.25, 0.3) is 5.78 Å². The summed E-state index contributed by atoms with van der Waals surface area (Å²) in [6, 6.07) is 5.21. The van der Waals surface area contributed by atoms with Gasteiger partial charge in [-0.05, 0) is 30.7 Å². The van der Waals surface area contributed by atoms with Crippen molar-refractivity contribution in [3.63, 3.8) is 0 Å². The van der Waals surface area contributed by atoms with Crippen LogP contribution in [0, 0.1) is 0 Å². The number of imidazole rings is 1. The molecule has 0 spiro atoms. The number of hydrogen-bond donors (Lipinski definition) is 1. The number of carbonyl (C=O) groups is 1. The van der Waals surface area contributed by atoms with Crippen LogP contribution >= 0.6 is 11.3 Å². The van der Waals surface area contributed by atoms with Crippen LogP contribution in [0.1, 0.15) is 40.7 Å². The molecule has 1 aliphatic heterocycles. The molecule has 7 heteroatoms. The molecule has 1 amide bonds. The zero-order chi connectivity index (χ0) is 15.8. The molecular weight excluding hydrogens is 312 g/mol. The highest BCUT2D eigenvalue weighted by atomic mass is 32.1. The lowest BCUT2D eigenvalue weighted by Gasteiger charge is -2.35. The minimum atomic E-state index is -0.125. The average molecular weight is 328 g/mol. The van der Waals surface area contributed by atoms with Gasteiger partial charge in [-0.25, -0.2) is 4.98 Å². The van der Waals surface area contributed by atoms with Gasteiger partial charge in [-0.1, -0.05) is 6.07 Å². The summed E-state index contributed by atoms with van der Waals surface area (Å²) < 4.78 is 1.47. The maximum atomic E-state index is 12.8. The molecule has 1 fully saturated rings. The van der Waals surface area contributed by atoms with E-state index in [1.807, 2.05) is 22.4 Å². The summed E-state index contributed by atoms with van der Waals surface area (Å²) in [5.74, 6) is 0.551. The first-order valence-electron chi connectivity index (χ1n) is 7.65. The third kappa shape index (κ3) is 2.46. The van der Waals surface area contributed by atoms with Gasteiger partial charge in [-0.3, -0.25) is 14.0 Å². The molecule has 0 bridgehead atoms. The maximum absolute atomic E-state index is 12.8. The Labute approximate surface area is 136 Å². The Morgan fingerprint density at radius 3 is 3.13 bits per heavy atom. The van der Waals surface area contributed by atoms with Crippen molar-refractivity contribution in [2.75, 3.05) is 6.54 Å². The summed E-state index contributed by atoms with van der Waals surface area (Å²) >= 11 is 1.45. The van der Waals surface area contributed by atoms with Crippen molar-refractivity contribution in [1.29, 1.82) is 0 Å². The number of likely N-dealkylation sites (tertiary alicyclic amines) is 1. The van der Waals surface area contributed by atoms with Crippen molar-refractivity contribution in [3.8, 4) is 0 Å². The summed E-state index contributed by atoms with van der Waals surface area (Å²) in [6.45, 7) is 0.711. The van der Waals surface area contributed by atoms with E-state index in [1.54, 1.807) is 18.5 Å². The Kier molecular flexibility index (Phi) is 3.49. The predicted octanol–water partition coefficient (Wildman–Crippen LogP) is 2.45. The standard InChI is InChI=1S/C16H16N4O2S/c21-14-10-11(18-16-17-6-8-20(14)16)12-4-1-2-7-19(12)15(22)13-5-3-9-23-13/h3,5-6,8-10,12H,1-2,4,7H2,(H,17,18)/t12-/m0/s1. The van der Waals surface area contributed by atoms with Crippen molar-refractivity contribution in [3.05, 3.63) is 56.9 Å². The minimum Gasteiger partial charge on any atom is -0.329 e. The minimum absolute atomic E-state index is 0.0359. The quantitative estimate of drug-likeness (QED) is 0.785. The van der Waals surface area contributed by atoms with Gasteiger partial charge in [0.2, 0.25) is 5.78 Å². The molecule has 4 heterocycles. The van der Waals surface area contributed by atoms with Crippen LogP contribution in [0.3, 0.4) is 0 Å². The normalized spacial score (nSPS) is 18.4. The largest absolute Gasteiger partial charge is 0.329 e. The zero-order valence-corrected chi connectivity index (χ0v) is 13.3. The number of aromatic nitrogens is 3. The van der Waals surface area contributed by atoms with Gasteiger partial charge >= 0.3 is 0 Å². The summed E-state index contributed by atoms with van der Waals surface area (Å²) in [7, 11) is 0. The van der Waals surface area contributed by atoms with Crippen LogP contribution in [-0.2, 0) is 0 Å². The van der Waals surface area contributed by atoms with E-state index in [2.05, 4.69) is 9.97 Å². The number of aromatic amines is 1. The molecule has 1 saturated heterocycles. The van der Waals surface area contributed by atoms with Gasteiger partial charge in [0.15, 0.2) is 0 Å². The first-order valence-corrected chi connectivity index (χ1v) is 8.53. The molecule has 0 unspecified atom stereocenters. The number of hydrogen-bond acceptors (Lipinski definition) is 4. The number of nitrogens with zero attached hydrogens (tertiary/aromatic N) is 3. The van der Waals surface area contributed by atoms with Crippen LogP contribution in [0.4, 0.5) is 0 Å². The SMILES string of the molecule is O=C(c1cccs1)N1CCCC[C@H]1c1cc(=O)n2ccnc2[nH]1. The summed E-state index contributed by atoms with van der Waals surface area (Å²) in [4.78, 5) is 35.0. The first kappa shape index (κ1) is 14.2. The molecule has 6 nitrogen and oxygen atoms in total. The van der Waals surface area contributed by atoms with Crippen molar-refractivity contribution < 1.29 is 4.79 Å². The molecule has 3 aromatic heterocycles. The zero-order valence-electron chi connectivity index (χ0n) is 12.4. The number of rotatable bonds is 2. The highest BCUT2D eigenvalue weighted by Gasteiger charge is 2.30. The van der Waals surface area contributed by atoms with Crippen LogP contribution in [0.15, 0.2) is 40.8 Å². The number of carbonyl (C=O) groups excluding carboxylic acids is 1. The van der Waals surface area contributed by atoms with E-state index in [1.165, 1.54) is 15.7 Å². The van der Waals surface area contributed by atoms with Crippen molar-refractivity contribution >= 4 is 23.0 Å². The Morgan fingerprint density at radius 2 is 2.30 bits per heavy atom. The molecule has 0 aromatic carbocycles. The monoisotopic (exact) mass is 328 g/mol. The lowest BCUT2D eigenvalue weighted by molar-refractivity contribution is 0.0611. The molecular formula is C16H16N4O2S. The van der Waals surface area contributed by atoms with Crippen molar-refractivity contribution in [2.24, 2.45) is 0 Å². The number of nitrogens with one attached hydrogen (secondary N) is 1. The average Bonchev–Trinajstić information content (AvgIpc) is 3.25. The molecule has 1 N–H and O–H groups in total. The van der Waals surface area contributed by atoms with Crippen LogP contribution in [-0.4, -0.2) is 31.7 Å². The van der Waals surface area contributed by atoms with Gasteiger partial charge in [0.1, 0.15) is 0 Å². The molecule has 118 valence electrons. The molecule has 4 rings (SSSR count). The molecule has 0 saturated carbocycles. The summed E-state index contributed by atoms with van der Waals surface area (Å²) in [6.07, 6.45) is 6.10. The Bertz CT molecular complexity index is 896. The number of piperidine rings is 1. The molecule has 23 heavy (non-hydrogen) atoms. The first-order chi connectivity index (χ1) is 11.2. The van der Waals surface area contributed by atoms with Crippen molar-refractivity contribution in [2.45, 2.75) is 25.3 Å².